The zero-order valence-electron chi connectivity index (χ0n) is 13.1. The maximum atomic E-state index is 4.95. The highest BCUT2D eigenvalue weighted by Gasteiger charge is 2.25. The van der Waals surface area contributed by atoms with Gasteiger partial charge in [0.15, 0.2) is 0 Å². The quantitative estimate of drug-likeness (QED) is 0.755. The molecule has 0 radical (unpaired) electrons. The normalized spacial score (nSPS) is 13.2. The molecule has 0 aliphatic carbocycles. The molecule has 0 saturated carbocycles. The zero-order chi connectivity index (χ0) is 15.3. The van der Waals surface area contributed by atoms with Gasteiger partial charge < -0.3 is 5.32 Å². The molecule has 0 amide bonds. The summed E-state index contributed by atoms with van der Waals surface area (Å²) in [6.45, 7) is 7.42. The van der Waals surface area contributed by atoms with Crippen LogP contribution in [0.1, 0.15) is 21.6 Å². The lowest BCUT2D eigenvalue weighted by molar-refractivity contribution is 0.875. The van der Waals surface area contributed by atoms with E-state index in [1.54, 1.807) is 0 Å². The molecule has 22 heavy (non-hydrogen) atoms. The highest BCUT2D eigenvalue weighted by Crippen LogP contribution is 2.37. The molecule has 1 aliphatic rings. The molecule has 3 nitrogen and oxygen atoms in total. The Balaban J connectivity index is 1.93. The molecule has 0 spiro atoms. The van der Waals surface area contributed by atoms with E-state index in [4.69, 9.17) is 5.10 Å². The van der Waals surface area contributed by atoms with Crippen LogP contribution in [0.3, 0.4) is 0 Å². The first-order chi connectivity index (χ1) is 10.6. The van der Waals surface area contributed by atoms with Crippen molar-refractivity contribution in [3.8, 4) is 16.3 Å². The summed E-state index contributed by atoms with van der Waals surface area (Å²) in [6.07, 6.45) is 1.05. The molecule has 0 unspecified atom stereocenters. The summed E-state index contributed by atoms with van der Waals surface area (Å²) in [5.74, 6) is 1.16. The van der Waals surface area contributed by atoms with Gasteiger partial charge in [0.2, 0.25) is 0 Å². The van der Waals surface area contributed by atoms with E-state index in [1.807, 2.05) is 11.3 Å². The maximum Gasteiger partial charge on any atom is 0.133 e. The Kier molecular flexibility index (Phi) is 3.08. The number of rotatable bonds is 2. The maximum absolute atomic E-state index is 4.95. The Hall–Kier alpha value is -2.07. The smallest absolute Gasteiger partial charge is 0.133 e. The molecule has 112 valence electrons. The zero-order valence-corrected chi connectivity index (χ0v) is 13.9. The molecule has 0 atom stereocenters. The molecule has 1 aromatic carbocycles. The topological polar surface area (TPSA) is 29.9 Å². The predicted octanol–water partition coefficient (Wildman–Crippen LogP) is 4.49. The number of aromatic nitrogens is 2. The van der Waals surface area contributed by atoms with Crippen LogP contribution in [0.5, 0.6) is 0 Å². The van der Waals surface area contributed by atoms with Crippen molar-refractivity contribution in [2.75, 3.05) is 11.9 Å². The van der Waals surface area contributed by atoms with Crippen LogP contribution in [0.4, 0.5) is 5.82 Å². The molecular weight excluding hydrogens is 290 g/mol. The first-order valence-corrected chi connectivity index (χ1v) is 8.45. The second kappa shape index (κ2) is 4.99. The summed E-state index contributed by atoms with van der Waals surface area (Å²) in [5.41, 5.74) is 6.17. The van der Waals surface area contributed by atoms with E-state index in [1.165, 1.54) is 32.1 Å². The molecule has 3 aromatic rings. The standard InChI is InChI=1S/C18H19N3S/c1-11-4-5-12(2)15(10-11)21-18-14(8-9-19-18)17(20-21)16-7-6-13(3)22-16/h4-7,10,19H,8-9H2,1-3H3. The molecule has 1 N–H and O–H groups in total. The average molecular weight is 309 g/mol. The fourth-order valence-electron chi connectivity index (χ4n) is 3.06. The van der Waals surface area contributed by atoms with E-state index in [0.29, 0.717) is 0 Å². The molecule has 0 fully saturated rings. The first kappa shape index (κ1) is 13.6. The fourth-order valence-corrected chi connectivity index (χ4v) is 3.94. The van der Waals surface area contributed by atoms with Crippen LogP contribution < -0.4 is 5.32 Å². The number of nitrogens with one attached hydrogen (secondary N) is 1. The van der Waals surface area contributed by atoms with E-state index in [2.05, 4.69) is 61.1 Å². The predicted molar refractivity (Wildman–Crippen MR) is 93.3 cm³/mol. The monoisotopic (exact) mass is 309 g/mol. The number of aryl methyl sites for hydroxylation is 3. The minimum atomic E-state index is 0.995. The van der Waals surface area contributed by atoms with E-state index in [9.17, 15) is 0 Å². The van der Waals surface area contributed by atoms with E-state index in [-0.39, 0.29) is 0 Å². The Morgan fingerprint density at radius 2 is 2.00 bits per heavy atom. The van der Waals surface area contributed by atoms with Gasteiger partial charge in [-0.1, -0.05) is 12.1 Å². The van der Waals surface area contributed by atoms with Gasteiger partial charge in [0.25, 0.3) is 0 Å². The minimum Gasteiger partial charge on any atom is -0.369 e. The molecule has 4 rings (SSSR count). The van der Waals surface area contributed by atoms with Gasteiger partial charge in [-0.2, -0.15) is 5.10 Å². The Bertz CT molecular complexity index is 857. The summed E-state index contributed by atoms with van der Waals surface area (Å²) in [6, 6.07) is 10.9. The van der Waals surface area contributed by atoms with Crippen LogP contribution in [0.2, 0.25) is 0 Å². The molecule has 1 aliphatic heterocycles. The summed E-state index contributed by atoms with van der Waals surface area (Å²) in [7, 11) is 0. The van der Waals surface area contributed by atoms with Crippen molar-refractivity contribution in [3.63, 3.8) is 0 Å². The molecule has 2 aromatic heterocycles. The lowest BCUT2D eigenvalue weighted by atomic mass is 10.1. The van der Waals surface area contributed by atoms with Gasteiger partial charge in [0.1, 0.15) is 11.5 Å². The van der Waals surface area contributed by atoms with E-state index in [0.717, 1.165) is 24.5 Å². The lowest BCUT2D eigenvalue weighted by Gasteiger charge is -2.10. The van der Waals surface area contributed by atoms with Gasteiger partial charge in [-0.15, -0.1) is 11.3 Å². The van der Waals surface area contributed by atoms with Gasteiger partial charge in [-0.05, 0) is 56.5 Å². The summed E-state index contributed by atoms with van der Waals surface area (Å²) < 4.78 is 2.09. The van der Waals surface area contributed by atoms with Crippen LogP contribution in [0.15, 0.2) is 30.3 Å². The Labute approximate surface area is 134 Å². The fraction of sp³-hybridized carbons (Fsp3) is 0.278. The van der Waals surface area contributed by atoms with E-state index >= 15 is 0 Å². The van der Waals surface area contributed by atoms with Crippen molar-refractivity contribution >= 4 is 17.2 Å². The van der Waals surface area contributed by atoms with Crippen molar-refractivity contribution in [1.29, 1.82) is 0 Å². The third-order valence-corrected chi connectivity index (χ3v) is 5.22. The van der Waals surface area contributed by atoms with Crippen LogP contribution >= 0.6 is 11.3 Å². The van der Waals surface area contributed by atoms with Gasteiger partial charge in [-0.3, -0.25) is 0 Å². The number of benzene rings is 1. The number of anilines is 1. The highest BCUT2D eigenvalue weighted by molar-refractivity contribution is 7.15. The van der Waals surface area contributed by atoms with Gasteiger partial charge in [-0.25, -0.2) is 4.68 Å². The van der Waals surface area contributed by atoms with Gasteiger partial charge in [0.05, 0.1) is 10.6 Å². The second-order valence-corrected chi connectivity index (χ2v) is 7.25. The Morgan fingerprint density at radius 1 is 1.14 bits per heavy atom. The summed E-state index contributed by atoms with van der Waals surface area (Å²) in [4.78, 5) is 2.59. The van der Waals surface area contributed by atoms with Gasteiger partial charge in [0, 0.05) is 17.0 Å². The van der Waals surface area contributed by atoms with Crippen molar-refractivity contribution in [2.45, 2.75) is 27.2 Å². The largest absolute Gasteiger partial charge is 0.369 e. The number of hydrogen-bond acceptors (Lipinski definition) is 3. The number of thiophene rings is 1. The summed E-state index contributed by atoms with van der Waals surface area (Å²) in [5, 5.41) is 8.47. The molecule has 4 heteroatoms. The van der Waals surface area contributed by atoms with Gasteiger partial charge >= 0.3 is 0 Å². The van der Waals surface area contributed by atoms with Crippen LogP contribution in [-0.2, 0) is 6.42 Å². The third kappa shape index (κ3) is 2.06. The molecule has 0 saturated heterocycles. The van der Waals surface area contributed by atoms with E-state index < -0.39 is 0 Å². The van der Waals surface area contributed by atoms with Crippen LogP contribution in [0, 0.1) is 20.8 Å². The lowest BCUT2D eigenvalue weighted by Crippen LogP contribution is -2.05. The number of fused-ring (bicyclic) bond motifs is 1. The second-order valence-electron chi connectivity index (χ2n) is 5.96. The van der Waals surface area contributed by atoms with Crippen molar-refractivity contribution < 1.29 is 0 Å². The number of nitrogens with zero attached hydrogens (tertiary/aromatic N) is 2. The van der Waals surface area contributed by atoms with Crippen LogP contribution in [0.25, 0.3) is 16.3 Å². The first-order valence-electron chi connectivity index (χ1n) is 7.63. The summed E-state index contributed by atoms with van der Waals surface area (Å²) >= 11 is 1.82. The van der Waals surface area contributed by atoms with Crippen LogP contribution in [-0.4, -0.2) is 16.3 Å². The minimum absolute atomic E-state index is 0.995. The third-order valence-electron chi connectivity index (χ3n) is 4.22. The molecule has 0 bridgehead atoms. The molecule has 3 heterocycles. The van der Waals surface area contributed by atoms with Crippen molar-refractivity contribution in [2.24, 2.45) is 0 Å². The SMILES string of the molecule is Cc1ccc(C)c(-n2nc(-c3ccc(C)s3)c3c2NCC3)c1. The number of hydrogen-bond donors (Lipinski definition) is 1. The van der Waals surface area contributed by atoms with Crippen molar-refractivity contribution in [1.82, 2.24) is 9.78 Å². The highest BCUT2D eigenvalue weighted by atomic mass is 32.1. The molecular formula is C18H19N3S. The average Bonchev–Trinajstić information content (AvgIpc) is 3.17. The Morgan fingerprint density at radius 3 is 2.77 bits per heavy atom. The van der Waals surface area contributed by atoms with Crippen molar-refractivity contribution in [3.05, 3.63) is 51.9 Å².